The van der Waals surface area contributed by atoms with Crippen LogP contribution in [0.2, 0.25) is 0 Å². The zero-order valence-corrected chi connectivity index (χ0v) is 4.40. The van der Waals surface area contributed by atoms with Gasteiger partial charge < -0.3 is 5.32 Å². The summed E-state index contributed by atoms with van der Waals surface area (Å²) in [6.45, 7) is 7.46. The number of carbonyl (C=O) groups excluding carboxylic acids is 1. The zero-order valence-electron chi connectivity index (χ0n) is 4.40. The minimum Gasteiger partial charge on any atom is -0.356 e. The summed E-state index contributed by atoms with van der Waals surface area (Å²) in [5.41, 5.74) is 0. The summed E-state index contributed by atoms with van der Waals surface area (Å²) in [4.78, 5) is 10.2. The molecule has 0 saturated heterocycles. The average molecular weight is 99.1 g/mol. The Morgan fingerprint density at radius 2 is 2.43 bits per heavy atom. The van der Waals surface area contributed by atoms with Crippen molar-refractivity contribution in [1.82, 2.24) is 5.32 Å². The van der Waals surface area contributed by atoms with Crippen molar-refractivity contribution in [2.45, 2.75) is 13.3 Å². The lowest BCUT2D eigenvalue weighted by molar-refractivity contribution is -0.120. The van der Waals surface area contributed by atoms with Gasteiger partial charge in [0.05, 0.1) is 0 Å². The summed E-state index contributed by atoms with van der Waals surface area (Å²) in [7, 11) is 0. The molecule has 0 heterocycles. The van der Waals surface area contributed by atoms with E-state index in [0.717, 1.165) is 0 Å². The predicted octanol–water partition coefficient (Wildman–Crippen LogP) is 0.224. The highest BCUT2D eigenvalue weighted by atomic mass is 16.1. The first-order valence-corrected chi connectivity index (χ1v) is 2.28. The van der Waals surface area contributed by atoms with Crippen molar-refractivity contribution in [3.63, 3.8) is 0 Å². The van der Waals surface area contributed by atoms with E-state index in [1.807, 2.05) is 6.92 Å². The number of hydrogen-bond donors (Lipinski definition) is 1. The second-order valence-electron chi connectivity index (χ2n) is 1.16. The molecule has 2 radical (unpaired) electrons. The van der Waals surface area contributed by atoms with Crippen LogP contribution in [0.5, 0.6) is 0 Å². The summed E-state index contributed by atoms with van der Waals surface area (Å²) in [6, 6.07) is 0. The molecule has 7 heavy (non-hydrogen) atoms. The Hall–Kier alpha value is -0.530. The predicted molar refractivity (Wildman–Crippen MR) is 27.6 cm³/mol. The molecule has 0 spiro atoms. The molecule has 0 aliphatic heterocycles. The fourth-order valence-electron chi connectivity index (χ4n) is 0.269. The quantitative estimate of drug-likeness (QED) is 0.527. The Morgan fingerprint density at radius 3 is 2.57 bits per heavy atom. The maximum Gasteiger partial charge on any atom is 0.220 e. The van der Waals surface area contributed by atoms with Gasteiger partial charge in [-0.3, -0.25) is 4.79 Å². The van der Waals surface area contributed by atoms with Crippen LogP contribution in [0.25, 0.3) is 0 Å². The number of carbonyl (C=O) groups is 1. The molecule has 0 bridgehead atoms. The lowest BCUT2D eigenvalue weighted by atomic mass is 10.4. The molecule has 0 aliphatic carbocycles. The van der Waals surface area contributed by atoms with E-state index < -0.39 is 0 Å². The maximum atomic E-state index is 10.2. The van der Waals surface area contributed by atoms with Gasteiger partial charge in [-0.05, 0) is 13.8 Å². The van der Waals surface area contributed by atoms with Crippen LogP contribution >= 0.6 is 0 Å². The van der Waals surface area contributed by atoms with E-state index >= 15 is 0 Å². The van der Waals surface area contributed by atoms with E-state index in [2.05, 4.69) is 5.32 Å². The van der Waals surface area contributed by atoms with Crippen LogP contribution in [-0.4, -0.2) is 12.5 Å². The van der Waals surface area contributed by atoms with Crippen molar-refractivity contribution < 1.29 is 4.79 Å². The summed E-state index contributed by atoms with van der Waals surface area (Å²) >= 11 is 0. The van der Waals surface area contributed by atoms with Gasteiger partial charge in [0.15, 0.2) is 0 Å². The smallest absolute Gasteiger partial charge is 0.220 e. The normalized spacial score (nSPS) is 8.29. The SMILES string of the molecule is [CH]CC(=O)NCC. The van der Waals surface area contributed by atoms with E-state index in [4.69, 9.17) is 6.92 Å². The van der Waals surface area contributed by atoms with Crippen LogP contribution < -0.4 is 5.32 Å². The molecule has 0 aromatic rings. The fourth-order valence-corrected chi connectivity index (χ4v) is 0.269. The summed E-state index contributed by atoms with van der Waals surface area (Å²) < 4.78 is 0. The van der Waals surface area contributed by atoms with Crippen LogP contribution in [0.4, 0.5) is 0 Å². The van der Waals surface area contributed by atoms with Crippen LogP contribution in [-0.2, 0) is 4.79 Å². The molecule has 0 rings (SSSR count). The van der Waals surface area contributed by atoms with E-state index in [0.29, 0.717) is 6.54 Å². The fraction of sp³-hybridized carbons (Fsp3) is 0.600. The first-order chi connectivity index (χ1) is 3.31. The summed E-state index contributed by atoms with van der Waals surface area (Å²) in [5.74, 6) is -0.0949. The van der Waals surface area contributed by atoms with Crippen molar-refractivity contribution in [2.75, 3.05) is 6.54 Å². The molecule has 0 aliphatic rings. The van der Waals surface area contributed by atoms with E-state index in [9.17, 15) is 4.79 Å². The van der Waals surface area contributed by atoms with Crippen molar-refractivity contribution in [2.24, 2.45) is 0 Å². The third kappa shape index (κ3) is 3.30. The molecule has 0 aromatic carbocycles. The molecular weight excluding hydrogens is 90.1 g/mol. The van der Waals surface area contributed by atoms with Crippen molar-refractivity contribution in [1.29, 1.82) is 0 Å². The standard InChI is InChI=1S/C5H9NO/c1-3-5(7)6-4-2/h1H,3-4H2,2H3,(H,6,7). The van der Waals surface area contributed by atoms with Crippen LogP contribution in [0.3, 0.4) is 0 Å². The van der Waals surface area contributed by atoms with Crippen LogP contribution in [0.15, 0.2) is 0 Å². The minimum atomic E-state index is -0.0949. The molecule has 0 fully saturated rings. The molecule has 1 N–H and O–H groups in total. The summed E-state index contributed by atoms with van der Waals surface area (Å²) in [5, 5.41) is 2.53. The Morgan fingerprint density at radius 1 is 1.86 bits per heavy atom. The molecule has 0 aromatic heterocycles. The van der Waals surface area contributed by atoms with E-state index in [1.165, 1.54) is 0 Å². The van der Waals surface area contributed by atoms with Gasteiger partial charge in [-0.25, -0.2) is 0 Å². The highest BCUT2D eigenvalue weighted by molar-refractivity contribution is 5.76. The van der Waals surface area contributed by atoms with Gasteiger partial charge in [-0.15, -0.1) is 0 Å². The third-order valence-corrected chi connectivity index (χ3v) is 0.559. The van der Waals surface area contributed by atoms with Crippen LogP contribution in [0.1, 0.15) is 13.3 Å². The zero-order chi connectivity index (χ0) is 5.70. The van der Waals surface area contributed by atoms with Gasteiger partial charge in [0.1, 0.15) is 0 Å². The second kappa shape index (κ2) is 3.65. The number of hydrogen-bond acceptors (Lipinski definition) is 1. The first kappa shape index (κ1) is 6.47. The van der Waals surface area contributed by atoms with Gasteiger partial charge in [0, 0.05) is 13.0 Å². The average Bonchev–Trinajstić information content (AvgIpc) is 1.68. The summed E-state index contributed by atoms with van der Waals surface area (Å²) in [6.07, 6.45) is 0.0911. The molecule has 1 amide bonds. The van der Waals surface area contributed by atoms with Crippen molar-refractivity contribution >= 4 is 5.91 Å². The first-order valence-electron chi connectivity index (χ1n) is 2.28. The van der Waals surface area contributed by atoms with E-state index in [1.54, 1.807) is 0 Å². The monoisotopic (exact) mass is 99.1 g/mol. The Bertz CT molecular complexity index is 61.1. The number of amides is 1. The molecule has 0 saturated carbocycles. The largest absolute Gasteiger partial charge is 0.356 e. The topological polar surface area (TPSA) is 29.1 Å². The Kier molecular flexibility index (Phi) is 3.38. The molecular formula is C5H9NO. The molecule has 0 atom stereocenters. The number of rotatable bonds is 2. The molecule has 2 nitrogen and oxygen atoms in total. The van der Waals surface area contributed by atoms with E-state index in [-0.39, 0.29) is 12.3 Å². The number of nitrogens with one attached hydrogen (secondary N) is 1. The minimum absolute atomic E-state index is 0.0911. The second-order valence-corrected chi connectivity index (χ2v) is 1.16. The molecule has 0 unspecified atom stereocenters. The van der Waals surface area contributed by atoms with Gasteiger partial charge in [0.25, 0.3) is 0 Å². The Balaban J connectivity index is 3.00. The van der Waals surface area contributed by atoms with Gasteiger partial charge in [-0.1, -0.05) is 0 Å². The van der Waals surface area contributed by atoms with Gasteiger partial charge in [0.2, 0.25) is 5.91 Å². The highest BCUT2D eigenvalue weighted by Crippen LogP contribution is 1.70. The highest BCUT2D eigenvalue weighted by Gasteiger charge is 1.88. The van der Waals surface area contributed by atoms with Crippen molar-refractivity contribution in [3.8, 4) is 0 Å². The maximum absolute atomic E-state index is 10.2. The van der Waals surface area contributed by atoms with Gasteiger partial charge in [-0.2, -0.15) is 0 Å². The lowest BCUT2D eigenvalue weighted by Crippen LogP contribution is -2.20. The third-order valence-electron chi connectivity index (χ3n) is 0.559. The van der Waals surface area contributed by atoms with Gasteiger partial charge >= 0.3 is 0 Å². The molecule has 40 valence electrons. The van der Waals surface area contributed by atoms with Crippen LogP contribution in [0, 0.1) is 6.92 Å². The lowest BCUT2D eigenvalue weighted by Gasteiger charge is -1.93. The molecule has 2 heteroatoms. The Labute approximate surface area is 43.9 Å². The van der Waals surface area contributed by atoms with Crippen molar-refractivity contribution in [3.05, 3.63) is 6.92 Å².